The quantitative estimate of drug-likeness (QED) is 0.282. The molecule has 4 rings (SSSR count). The lowest BCUT2D eigenvalue weighted by Crippen LogP contribution is -2.42. The zero-order chi connectivity index (χ0) is 26.4. The number of amides is 1. The topological polar surface area (TPSA) is 102 Å². The fourth-order valence-corrected chi connectivity index (χ4v) is 5.54. The summed E-state index contributed by atoms with van der Waals surface area (Å²) in [5, 5.41) is 6.98. The maximum Gasteiger partial charge on any atom is 0.269 e. The summed E-state index contributed by atoms with van der Waals surface area (Å²) in [6, 6.07) is 19.1. The first kappa shape index (κ1) is 26.5. The van der Waals surface area contributed by atoms with Crippen molar-refractivity contribution < 1.29 is 17.9 Å². The molecule has 4 aromatic rings. The predicted octanol–water partition coefficient (Wildman–Crippen LogP) is 4.53. The molecule has 0 fully saturated rings. The van der Waals surface area contributed by atoms with Crippen molar-refractivity contribution in [3.63, 3.8) is 0 Å². The minimum atomic E-state index is -3.77. The maximum absolute atomic E-state index is 13.2. The number of anilines is 1. The fourth-order valence-electron chi connectivity index (χ4n) is 4.22. The van der Waals surface area contributed by atoms with Gasteiger partial charge in [0.2, 0.25) is 5.91 Å². The van der Waals surface area contributed by atoms with Crippen LogP contribution in [0.25, 0.3) is 22.2 Å². The zero-order valence-electron chi connectivity index (χ0n) is 21.2. The van der Waals surface area contributed by atoms with Crippen molar-refractivity contribution in [2.75, 3.05) is 25.6 Å². The van der Waals surface area contributed by atoms with Crippen LogP contribution >= 0.6 is 0 Å². The van der Waals surface area contributed by atoms with E-state index in [-0.39, 0.29) is 16.8 Å². The Balaban J connectivity index is 1.56. The summed E-state index contributed by atoms with van der Waals surface area (Å²) in [6.07, 6.45) is 3.85. The monoisotopic (exact) mass is 520 g/mol. The number of hydrogen-bond donors (Lipinski definition) is 2. The number of carbonyl (C=O) groups is 1. The van der Waals surface area contributed by atoms with Crippen molar-refractivity contribution in [2.24, 2.45) is 5.92 Å². The second kappa shape index (κ2) is 11.7. The molecule has 9 heteroatoms. The van der Waals surface area contributed by atoms with Gasteiger partial charge in [-0.1, -0.05) is 44.2 Å². The van der Waals surface area contributed by atoms with Crippen LogP contribution in [0.15, 0.2) is 84.0 Å². The van der Waals surface area contributed by atoms with E-state index in [2.05, 4.69) is 29.5 Å². The van der Waals surface area contributed by atoms with Gasteiger partial charge < -0.3 is 15.4 Å². The van der Waals surface area contributed by atoms with E-state index < -0.39 is 10.0 Å². The number of methoxy groups -OCH3 is 1. The van der Waals surface area contributed by atoms with Crippen LogP contribution in [0.5, 0.6) is 0 Å². The summed E-state index contributed by atoms with van der Waals surface area (Å²) in [4.78, 5) is 17.5. The first-order valence-corrected chi connectivity index (χ1v) is 13.7. The molecule has 0 bridgehead atoms. The molecular weight excluding hydrogens is 488 g/mol. The summed E-state index contributed by atoms with van der Waals surface area (Å²) in [7, 11) is -2.14. The lowest BCUT2D eigenvalue weighted by atomic mass is 10.0. The Morgan fingerprint density at radius 3 is 2.43 bits per heavy atom. The molecule has 8 nitrogen and oxygen atoms in total. The molecule has 0 saturated carbocycles. The van der Waals surface area contributed by atoms with E-state index in [0.29, 0.717) is 36.8 Å². The largest absolute Gasteiger partial charge is 0.383 e. The second-order valence-electron chi connectivity index (χ2n) is 9.22. The smallest absolute Gasteiger partial charge is 0.269 e. The van der Waals surface area contributed by atoms with Gasteiger partial charge in [0.1, 0.15) is 0 Å². The minimum absolute atomic E-state index is 0.0907. The molecule has 2 aromatic carbocycles. The Morgan fingerprint density at radius 1 is 1.03 bits per heavy atom. The van der Waals surface area contributed by atoms with Crippen LogP contribution in [0.4, 0.5) is 5.69 Å². The number of benzene rings is 2. The molecule has 194 valence electrons. The van der Waals surface area contributed by atoms with Crippen molar-refractivity contribution in [1.82, 2.24) is 14.3 Å². The molecule has 2 aromatic heterocycles. The number of fused-ring (bicyclic) bond motifs is 1. The van der Waals surface area contributed by atoms with Gasteiger partial charge in [-0.2, -0.15) is 0 Å². The van der Waals surface area contributed by atoms with Gasteiger partial charge in [-0.25, -0.2) is 17.4 Å². The van der Waals surface area contributed by atoms with E-state index in [9.17, 15) is 13.2 Å². The highest BCUT2D eigenvalue weighted by atomic mass is 32.2. The maximum atomic E-state index is 13.2. The summed E-state index contributed by atoms with van der Waals surface area (Å²) < 4.78 is 32.7. The number of hydrogen-bond acceptors (Lipinski definition) is 6. The van der Waals surface area contributed by atoms with E-state index in [1.165, 1.54) is 10.2 Å². The van der Waals surface area contributed by atoms with Crippen molar-refractivity contribution in [3.8, 4) is 11.1 Å². The third-order valence-corrected chi connectivity index (χ3v) is 7.72. The van der Waals surface area contributed by atoms with E-state index in [1.807, 2.05) is 30.3 Å². The fraction of sp³-hybridized carbons (Fsp3) is 0.286. The summed E-state index contributed by atoms with van der Waals surface area (Å²) in [6.45, 7) is 5.30. The number of nitrogens with one attached hydrogen (secondary N) is 2. The molecule has 37 heavy (non-hydrogen) atoms. The number of ether oxygens (including phenoxy) is 1. The highest BCUT2D eigenvalue weighted by Crippen LogP contribution is 2.30. The molecule has 2 heterocycles. The Bertz CT molecular complexity index is 1450. The van der Waals surface area contributed by atoms with Crippen LogP contribution in [0, 0.1) is 5.92 Å². The Labute approximate surface area is 217 Å². The molecule has 0 saturated heterocycles. The lowest BCUT2D eigenvalue weighted by Gasteiger charge is -2.20. The van der Waals surface area contributed by atoms with Gasteiger partial charge in [0.05, 0.1) is 17.5 Å². The Morgan fingerprint density at radius 2 is 1.76 bits per heavy atom. The van der Waals surface area contributed by atoms with E-state index in [1.54, 1.807) is 49.7 Å². The van der Waals surface area contributed by atoms with Gasteiger partial charge >= 0.3 is 0 Å². The van der Waals surface area contributed by atoms with E-state index >= 15 is 0 Å². The lowest BCUT2D eigenvalue weighted by molar-refractivity contribution is -0.118. The molecule has 0 aliphatic heterocycles. The summed E-state index contributed by atoms with van der Waals surface area (Å²) >= 11 is 0. The van der Waals surface area contributed by atoms with Gasteiger partial charge in [-0.05, 0) is 59.9 Å². The average Bonchev–Trinajstić information content (AvgIpc) is 3.34. The molecule has 0 unspecified atom stereocenters. The number of nitrogens with zero attached hydrogens (tertiary/aromatic N) is 2. The molecule has 1 amide bonds. The molecule has 1 atom stereocenters. The van der Waals surface area contributed by atoms with Crippen molar-refractivity contribution in [3.05, 3.63) is 79.1 Å². The third kappa shape index (κ3) is 6.07. The van der Waals surface area contributed by atoms with Gasteiger partial charge in [0.25, 0.3) is 10.0 Å². The predicted molar refractivity (Wildman–Crippen MR) is 146 cm³/mol. The second-order valence-corrected chi connectivity index (χ2v) is 11.0. The van der Waals surface area contributed by atoms with Gasteiger partial charge in [0, 0.05) is 37.1 Å². The molecule has 0 spiro atoms. The minimum Gasteiger partial charge on any atom is -0.383 e. The Kier molecular flexibility index (Phi) is 8.38. The summed E-state index contributed by atoms with van der Waals surface area (Å²) in [5.74, 6) is 0.271. The highest BCUT2D eigenvalue weighted by Gasteiger charge is 2.21. The first-order chi connectivity index (χ1) is 17.8. The van der Waals surface area contributed by atoms with Crippen LogP contribution in [-0.4, -0.2) is 49.6 Å². The number of aromatic nitrogens is 2. The van der Waals surface area contributed by atoms with E-state index in [0.717, 1.165) is 16.5 Å². The summed E-state index contributed by atoms with van der Waals surface area (Å²) in [5.41, 5.74) is 2.78. The van der Waals surface area contributed by atoms with Crippen molar-refractivity contribution in [2.45, 2.75) is 31.2 Å². The number of pyridine rings is 1. The first-order valence-electron chi connectivity index (χ1n) is 12.2. The highest BCUT2D eigenvalue weighted by molar-refractivity contribution is 7.90. The Hall–Kier alpha value is -3.53. The van der Waals surface area contributed by atoms with E-state index in [4.69, 9.17) is 4.74 Å². The standard InChI is InChI=1S/C28H32N4O4S/c1-20(2)19-26(29-16-18-36-3)28(33)31-22-11-9-21(10-12-22)24-13-15-30-27-25(24)14-17-32(27)37(34,35)23-7-5-4-6-8-23/h4-15,17,20,26,29H,16,18-19H2,1-3H3,(H,31,33)/t26-/m1/s1. The average molecular weight is 521 g/mol. The molecule has 0 aliphatic rings. The van der Waals surface area contributed by atoms with Crippen molar-refractivity contribution in [1.29, 1.82) is 0 Å². The molecule has 0 radical (unpaired) electrons. The van der Waals surface area contributed by atoms with Crippen LogP contribution in [0.1, 0.15) is 20.3 Å². The van der Waals surface area contributed by atoms with Gasteiger partial charge in [0.15, 0.2) is 5.65 Å². The molecule has 2 N–H and O–H groups in total. The van der Waals surface area contributed by atoms with Crippen LogP contribution in [-0.2, 0) is 19.6 Å². The van der Waals surface area contributed by atoms with Gasteiger partial charge in [-0.15, -0.1) is 0 Å². The van der Waals surface area contributed by atoms with Crippen LogP contribution < -0.4 is 10.6 Å². The normalized spacial score (nSPS) is 12.6. The van der Waals surface area contributed by atoms with Gasteiger partial charge in [-0.3, -0.25) is 4.79 Å². The molecular formula is C28H32N4O4S. The molecule has 0 aliphatic carbocycles. The van der Waals surface area contributed by atoms with Crippen molar-refractivity contribution >= 4 is 32.7 Å². The third-order valence-electron chi connectivity index (χ3n) is 6.04. The van der Waals surface area contributed by atoms with Crippen LogP contribution in [0.3, 0.4) is 0 Å². The number of carbonyl (C=O) groups excluding carboxylic acids is 1. The van der Waals surface area contributed by atoms with Crippen LogP contribution in [0.2, 0.25) is 0 Å². The zero-order valence-corrected chi connectivity index (χ0v) is 22.0. The number of rotatable bonds is 11. The SMILES string of the molecule is COCCN[C@H](CC(C)C)C(=O)Nc1ccc(-c2ccnc3c2ccn3S(=O)(=O)c2ccccc2)cc1.